The molecule has 0 fully saturated rings. The number of nitrogens with one attached hydrogen (secondary N) is 1. The maximum atomic E-state index is 12.0. The maximum absolute atomic E-state index is 12.0. The molecule has 0 aliphatic rings. The van der Waals surface area contributed by atoms with Crippen molar-refractivity contribution in [1.29, 1.82) is 0 Å². The number of hydrogen-bond donors (Lipinski definition) is 1. The lowest BCUT2D eigenvalue weighted by Gasteiger charge is -2.22. The van der Waals surface area contributed by atoms with Crippen molar-refractivity contribution in [1.82, 2.24) is 10.2 Å². The molecule has 4 heteroatoms. The number of hydrogen-bond acceptors (Lipinski definition) is 3. The summed E-state index contributed by atoms with van der Waals surface area (Å²) in [5, 5.41) is 3.01. The Morgan fingerprint density at radius 1 is 1.39 bits per heavy atom. The molecule has 0 spiro atoms. The fourth-order valence-corrected chi connectivity index (χ4v) is 1.57. The Labute approximate surface area is 109 Å². The Hall–Kier alpha value is -1.55. The monoisotopic (exact) mass is 250 g/mol. The van der Waals surface area contributed by atoms with Crippen LogP contribution in [-0.2, 0) is 4.79 Å². The first-order valence-corrected chi connectivity index (χ1v) is 6.17. The molecule has 1 N–H and O–H groups in total. The number of benzene rings is 1. The van der Waals surface area contributed by atoms with E-state index in [9.17, 15) is 4.79 Å². The molecule has 0 saturated heterocycles. The largest absolute Gasteiger partial charge is 0.481 e. The van der Waals surface area contributed by atoms with Gasteiger partial charge in [0.05, 0.1) is 0 Å². The molecule has 4 nitrogen and oxygen atoms in total. The predicted octanol–water partition coefficient (Wildman–Crippen LogP) is 1.44. The van der Waals surface area contributed by atoms with Crippen LogP contribution in [0.4, 0.5) is 0 Å². The number of amides is 1. The summed E-state index contributed by atoms with van der Waals surface area (Å²) >= 11 is 0. The van der Waals surface area contributed by atoms with Crippen LogP contribution in [0.1, 0.15) is 12.5 Å². The number of aryl methyl sites for hydroxylation is 1. The molecule has 18 heavy (non-hydrogen) atoms. The van der Waals surface area contributed by atoms with Crippen molar-refractivity contribution in [3.05, 3.63) is 29.8 Å². The van der Waals surface area contributed by atoms with Crippen LogP contribution in [0.2, 0.25) is 0 Å². The smallest absolute Gasteiger partial charge is 0.263 e. The first-order valence-electron chi connectivity index (χ1n) is 6.17. The van der Waals surface area contributed by atoms with Crippen molar-refractivity contribution in [2.75, 3.05) is 27.2 Å². The molecular formula is C14H22N2O2. The Kier molecular flexibility index (Phi) is 5.65. The average molecular weight is 250 g/mol. The van der Waals surface area contributed by atoms with Crippen LogP contribution in [0.25, 0.3) is 0 Å². The second kappa shape index (κ2) is 7.01. The molecule has 1 unspecified atom stereocenters. The van der Waals surface area contributed by atoms with Crippen molar-refractivity contribution in [2.24, 2.45) is 0 Å². The van der Waals surface area contributed by atoms with Gasteiger partial charge in [-0.25, -0.2) is 0 Å². The van der Waals surface area contributed by atoms with Gasteiger partial charge in [-0.15, -0.1) is 0 Å². The molecule has 1 atom stereocenters. The van der Waals surface area contributed by atoms with Gasteiger partial charge in [0.1, 0.15) is 5.75 Å². The molecule has 0 radical (unpaired) electrons. The Bertz CT molecular complexity index is 376. The summed E-state index contributed by atoms with van der Waals surface area (Å²) < 4.78 is 5.62. The number of carbonyl (C=O) groups is 1. The van der Waals surface area contributed by atoms with Crippen LogP contribution < -0.4 is 10.1 Å². The van der Waals surface area contributed by atoms with E-state index in [1.807, 2.05) is 38.2 Å². The normalized spacial score (nSPS) is 12.0. The van der Waals surface area contributed by atoms with Gasteiger partial charge in [0.25, 0.3) is 5.91 Å². The van der Waals surface area contributed by atoms with Crippen molar-refractivity contribution in [3.63, 3.8) is 0 Å². The Balaban J connectivity index is 2.51. The Morgan fingerprint density at radius 3 is 2.56 bits per heavy atom. The van der Waals surface area contributed by atoms with Crippen LogP contribution in [0.15, 0.2) is 24.3 Å². The molecular weight excluding hydrogens is 228 g/mol. The van der Waals surface area contributed by atoms with Gasteiger partial charge in [-0.1, -0.05) is 17.7 Å². The lowest BCUT2D eigenvalue weighted by Crippen LogP contribution is -2.40. The Morgan fingerprint density at radius 2 is 2.00 bits per heavy atom. The van der Waals surface area contributed by atoms with E-state index in [0.29, 0.717) is 6.54 Å². The summed E-state index contributed by atoms with van der Waals surface area (Å²) in [5.41, 5.74) is 1.17. The van der Waals surface area contributed by atoms with E-state index in [-0.39, 0.29) is 5.91 Å². The predicted molar refractivity (Wildman–Crippen MR) is 72.8 cm³/mol. The number of carbonyl (C=O) groups excluding carboxylic acids is 1. The fourth-order valence-electron chi connectivity index (χ4n) is 1.57. The van der Waals surface area contributed by atoms with Crippen molar-refractivity contribution in [3.8, 4) is 5.75 Å². The van der Waals surface area contributed by atoms with Gasteiger partial charge in [0.2, 0.25) is 0 Å². The van der Waals surface area contributed by atoms with Gasteiger partial charge in [0.15, 0.2) is 6.10 Å². The van der Waals surface area contributed by atoms with E-state index in [4.69, 9.17) is 4.74 Å². The highest BCUT2D eigenvalue weighted by atomic mass is 16.5. The molecule has 0 aliphatic carbocycles. The minimum Gasteiger partial charge on any atom is -0.481 e. The van der Waals surface area contributed by atoms with Crippen LogP contribution in [-0.4, -0.2) is 44.1 Å². The minimum atomic E-state index is -0.463. The van der Waals surface area contributed by atoms with Crippen molar-refractivity contribution < 1.29 is 9.53 Å². The van der Waals surface area contributed by atoms with Gasteiger partial charge >= 0.3 is 0 Å². The van der Waals surface area contributed by atoms with E-state index in [2.05, 4.69) is 5.32 Å². The zero-order valence-electron chi connectivity index (χ0n) is 11.6. The third kappa shape index (κ3) is 4.37. The highest BCUT2D eigenvalue weighted by Crippen LogP contribution is 2.13. The number of ether oxygens (including phenoxy) is 1. The molecule has 1 aromatic carbocycles. The minimum absolute atomic E-state index is 0.00850. The van der Waals surface area contributed by atoms with Crippen LogP contribution in [0.5, 0.6) is 5.75 Å². The zero-order valence-corrected chi connectivity index (χ0v) is 11.6. The van der Waals surface area contributed by atoms with Crippen molar-refractivity contribution in [2.45, 2.75) is 20.0 Å². The first-order chi connectivity index (χ1) is 8.54. The molecule has 0 bridgehead atoms. The van der Waals surface area contributed by atoms with E-state index >= 15 is 0 Å². The van der Waals surface area contributed by atoms with E-state index in [0.717, 1.165) is 12.3 Å². The third-order valence-corrected chi connectivity index (χ3v) is 2.76. The molecule has 0 saturated carbocycles. The van der Waals surface area contributed by atoms with Gasteiger partial charge in [-0.3, -0.25) is 4.79 Å². The highest BCUT2D eigenvalue weighted by molar-refractivity contribution is 5.80. The standard InChI is InChI=1S/C14H22N2O2/c1-11-5-7-13(8-6-11)18-12(2)14(17)16(4)10-9-15-3/h5-8,12,15H,9-10H2,1-4H3. The topological polar surface area (TPSA) is 41.6 Å². The molecule has 0 aromatic heterocycles. The van der Waals surface area contributed by atoms with Crippen LogP contribution in [0.3, 0.4) is 0 Å². The molecule has 0 aliphatic heterocycles. The molecule has 1 rings (SSSR count). The molecule has 1 amide bonds. The van der Waals surface area contributed by atoms with E-state index in [1.54, 1.807) is 18.9 Å². The van der Waals surface area contributed by atoms with Crippen LogP contribution >= 0.6 is 0 Å². The van der Waals surface area contributed by atoms with Crippen molar-refractivity contribution >= 4 is 5.91 Å². The van der Waals surface area contributed by atoms with Gasteiger partial charge in [-0.05, 0) is 33.0 Å². The molecule has 0 heterocycles. The summed E-state index contributed by atoms with van der Waals surface area (Å²) in [6.45, 7) is 5.25. The lowest BCUT2D eigenvalue weighted by atomic mass is 10.2. The fraction of sp³-hybridized carbons (Fsp3) is 0.500. The second-order valence-corrected chi connectivity index (χ2v) is 4.44. The average Bonchev–Trinajstić information content (AvgIpc) is 2.37. The summed E-state index contributed by atoms with van der Waals surface area (Å²) in [5.74, 6) is 0.717. The van der Waals surface area contributed by atoms with Crippen LogP contribution in [0, 0.1) is 6.92 Å². The number of rotatable bonds is 6. The van der Waals surface area contributed by atoms with E-state index < -0.39 is 6.10 Å². The van der Waals surface area contributed by atoms with Gasteiger partial charge in [-0.2, -0.15) is 0 Å². The number of nitrogens with zero attached hydrogens (tertiary/aromatic N) is 1. The third-order valence-electron chi connectivity index (χ3n) is 2.76. The van der Waals surface area contributed by atoms with E-state index in [1.165, 1.54) is 5.56 Å². The van der Waals surface area contributed by atoms with Gasteiger partial charge < -0.3 is 15.0 Å². The highest BCUT2D eigenvalue weighted by Gasteiger charge is 2.18. The summed E-state index contributed by atoms with van der Waals surface area (Å²) in [4.78, 5) is 13.7. The summed E-state index contributed by atoms with van der Waals surface area (Å²) in [6, 6.07) is 7.70. The van der Waals surface area contributed by atoms with Gasteiger partial charge in [0, 0.05) is 20.1 Å². The first kappa shape index (κ1) is 14.5. The summed E-state index contributed by atoms with van der Waals surface area (Å²) in [6.07, 6.45) is -0.463. The maximum Gasteiger partial charge on any atom is 0.263 e. The molecule has 100 valence electrons. The quantitative estimate of drug-likeness (QED) is 0.830. The lowest BCUT2D eigenvalue weighted by molar-refractivity contribution is -0.136. The molecule has 1 aromatic rings. The number of likely N-dealkylation sites (N-methyl/N-ethyl adjacent to an activating group) is 2. The second-order valence-electron chi connectivity index (χ2n) is 4.44. The SMILES string of the molecule is CNCCN(C)C(=O)C(C)Oc1ccc(C)cc1. The zero-order chi connectivity index (χ0) is 13.5. The summed E-state index contributed by atoms with van der Waals surface area (Å²) in [7, 11) is 3.65.